The number of benzene rings is 1. The van der Waals surface area contributed by atoms with E-state index in [1.54, 1.807) is 25.3 Å². The molecular formula is C10H11ClO3. The Morgan fingerprint density at radius 1 is 1.50 bits per heavy atom. The van der Waals surface area contributed by atoms with Crippen molar-refractivity contribution in [3.63, 3.8) is 0 Å². The fourth-order valence-electron chi connectivity index (χ4n) is 1.41. The molecule has 0 radical (unpaired) electrons. The summed E-state index contributed by atoms with van der Waals surface area (Å²) < 4.78 is 10.0. The van der Waals surface area contributed by atoms with Crippen LogP contribution in [0.15, 0.2) is 18.2 Å². The van der Waals surface area contributed by atoms with Gasteiger partial charge in [-0.05, 0) is 17.7 Å². The molecule has 0 aromatic heterocycles. The second-order valence-corrected chi connectivity index (χ2v) is 3.78. The third-order valence-electron chi connectivity index (χ3n) is 2.37. The van der Waals surface area contributed by atoms with Crippen LogP contribution >= 0.6 is 11.6 Å². The van der Waals surface area contributed by atoms with Gasteiger partial charge in [-0.1, -0.05) is 17.7 Å². The Bertz CT molecular complexity index is 347. The Morgan fingerprint density at radius 2 is 2.21 bits per heavy atom. The fourth-order valence-corrected chi connectivity index (χ4v) is 1.61. The highest BCUT2D eigenvalue weighted by atomic mass is 35.5. The Kier molecular flexibility index (Phi) is 2.39. The van der Waals surface area contributed by atoms with Crippen molar-refractivity contribution in [2.45, 2.75) is 5.60 Å². The van der Waals surface area contributed by atoms with Gasteiger partial charge in [0.25, 0.3) is 0 Å². The molecule has 4 heteroatoms. The highest BCUT2D eigenvalue weighted by Crippen LogP contribution is 2.34. The molecule has 2 rings (SSSR count). The number of ether oxygens (including phenoxy) is 2. The largest absolute Gasteiger partial charge is 0.495 e. The van der Waals surface area contributed by atoms with E-state index in [4.69, 9.17) is 21.1 Å². The van der Waals surface area contributed by atoms with Crippen LogP contribution in [0, 0.1) is 0 Å². The summed E-state index contributed by atoms with van der Waals surface area (Å²) >= 11 is 5.87. The summed E-state index contributed by atoms with van der Waals surface area (Å²) in [7, 11) is 1.55. The SMILES string of the molecule is COc1cc(C2(O)COC2)ccc1Cl. The van der Waals surface area contributed by atoms with E-state index in [1.165, 1.54) is 0 Å². The normalized spacial score (nSPS) is 18.8. The predicted molar refractivity (Wildman–Crippen MR) is 52.7 cm³/mol. The number of methoxy groups -OCH3 is 1. The third kappa shape index (κ3) is 1.47. The topological polar surface area (TPSA) is 38.7 Å². The molecule has 1 aromatic rings. The zero-order chi connectivity index (χ0) is 10.2. The molecule has 3 nitrogen and oxygen atoms in total. The van der Waals surface area contributed by atoms with Crippen molar-refractivity contribution in [2.24, 2.45) is 0 Å². The van der Waals surface area contributed by atoms with Gasteiger partial charge in [0.1, 0.15) is 11.4 Å². The maximum absolute atomic E-state index is 9.97. The molecule has 0 saturated carbocycles. The zero-order valence-electron chi connectivity index (χ0n) is 7.79. The highest BCUT2D eigenvalue weighted by molar-refractivity contribution is 6.32. The minimum absolute atomic E-state index is 0.331. The van der Waals surface area contributed by atoms with Crippen molar-refractivity contribution in [3.8, 4) is 5.75 Å². The standard InChI is InChI=1S/C10H11ClO3/c1-13-9-4-7(2-3-8(9)11)10(12)5-14-6-10/h2-4,12H,5-6H2,1H3. The summed E-state index contributed by atoms with van der Waals surface area (Å²) in [5, 5.41) is 10.5. The van der Waals surface area contributed by atoms with E-state index in [-0.39, 0.29) is 0 Å². The zero-order valence-corrected chi connectivity index (χ0v) is 8.54. The third-order valence-corrected chi connectivity index (χ3v) is 2.68. The smallest absolute Gasteiger partial charge is 0.137 e. The molecule has 0 aliphatic carbocycles. The van der Waals surface area contributed by atoms with Gasteiger partial charge in [0.15, 0.2) is 0 Å². The van der Waals surface area contributed by atoms with E-state index in [0.29, 0.717) is 24.0 Å². The summed E-state index contributed by atoms with van der Waals surface area (Å²) in [5.41, 5.74) is -0.0808. The molecule has 0 amide bonds. The molecular weight excluding hydrogens is 204 g/mol. The first kappa shape index (κ1) is 9.77. The predicted octanol–water partition coefficient (Wildman–Crippen LogP) is 1.57. The molecule has 1 aromatic carbocycles. The molecule has 14 heavy (non-hydrogen) atoms. The van der Waals surface area contributed by atoms with E-state index < -0.39 is 5.60 Å². The lowest BCUT2D eigenvalue weighted by atomic mass is 9.92. The van der Waals surface area contributed by atoms with Crippen molar-refractivity contribution >= 4 is 11.6 Å². The lowest BCUT2D eigenvalue weighted by Gasteiger charge is -2.36. The van der Waals surface area contributed by atoms with E-state index in [0.717, 1.165) is 5.56 Å². The van der Waals surface area contributed by atoms with Crippen LogP contribution in [0.25, 0.3) is 0 Å². The van der Waals surface area contributed by atoms with Crippen LogP contribution in [-0.2, 0) is 10.3 Å². The second kappa shape index (κ2) is 3.42. The first-order chi connectivity index (χ1) is 6.65. The Hall–Kier alpha value is -0.770. The molecule has 0 bridgehead atoms. The van der Waals surface area contributed by atoms with Gasteiger partial charge in [-0.3, -0.25) is 0 Å². The van der Waals surface area contributed by atoms with Gasteiger partial charge in [-0.15, -0.1) is 0 Å². The monoisotopic (exact) mass is 214 g/mol. The van der Waals surface area contributed by atoms with Gasteiger partial charge in [0.05, 0.1) is 25.3 Å². The van der Waals surface area contributed by atoms with Crippen LogP contribution in [0.3, 0.4) is 0 Å². The molecule has 76 valence electrons. The Balaban J connectivity index is 2.35. The number of rotatable bonds is 2. The quantitative estimate of drug-likeness (QED) is 0.812. The molecule has 0 spiro atoms. The summed E-state index contributed by atoms with van der Waals surface area (Å²) in [5.74, 6) is 0.574. The molecule has 1 N–H and O–H groups in total. The minimum Gasteiger partial charge on any atom is -0.495 e. The summed E-state index contributed by atoms with van der Waals surface area (Å²) in [6.45, 7) is 0.662. The van der Waals surface area contributed by atoms with E-state index in [1.807, 2.05) is 0 Å². The number of halogens is 1. The summed E-state index contributed by atoms with van der Waals surface area (Å²) in [6.07, 6.45) is 0. The number of hydrogen-bond donors (Lipinski definition) is 1. The molecule has 1 aliphatic heterocycles. The number of hydrogen-bond acceptors (Lipinski definition) is 3. The van der Waals surface area contributed by atoms with E-state index in [2.05, 4.69) is 0 Å². The maximum Gasteiger partial charge on any atom is 0.137 e. The maximum atomic E-state index is 9.97. The van der Waals surface area contributed by atoms with Crippen LogP contribution in [-0.4, -0.2) is 25.4 Å². The molecule has 1 aliphatic rings. The average molecular weight is 215 g/mol. The first-order valence-electron chi connectivity index (χ1n) is 4.30. The van der Waals surface area contributed by atoms with Crippen molar-refractivity contribution in [1.82, 2.24) is 0 Å². The van der Waals surface area contributed by atoms with Crippen LogP contribution in [0.1, 0.15) is 5.56 Å². The Morgan fingerprint density at radius 3 is 2.71 bits per heavy atom. The van der Waals surface area contributed by atoms with Gasteiger partial charge in [-0.2, -0.15) is 0 Å². The van der Waals surface area contributed by atoms with Crippen LogP contribution < -0.4 is 4.74 Å². The highest BCUT2D eigenvalue weighted by Gasteiger charge is 2.38. The molecule has 0 unspecified atom stereocenters. The summed E-state index contributed by atoms with van der Waals surface area (Å²) in [6, 6.07) is 5.24. The van der Waals surface area contributed by atoms with Crippen molar-refractivity contribution in [3.05, 3.63) is 28.8 Å². The average Bonchev–Trinajstić information content (AvgIpc) is 2.15. The van der Waals surface area contributed by atoms with Crippen LogP contribution in [0.2, 0.25) is 5.02 Å². The summed E-state index contributed by atoms with van der Waals surface area (Å²) in [4.78, 5) is 0. The van der Waals surface area contributed by atoms with Crippen molar-refractivity contribution in [1.29, 1.82) is 0 Å². The van der Waals surface area contributed by atoms with Gasteiger partial charge >= 0.3 is 0 Å². The Labute approximate surface area is 87.2 Å². The van der Waals surface area contributed by atoms with Crippen molar-refractivity contribution in [2.75, 3.05) is 20.3 Å². The molecule has 0 atom stereocenters. The van der Waals surface area contributed by atoms with Crippen LogP contribution in [0.4, 0.5) is 0 Å². The second-order valence-electron chi connectivity index (χ2n) is 3.37. The van der Waals surface area contributed by atoms with Gasteiger partial charge in [-0.25, -0.2) is 0 Å². The molecule has 1 saturated heterocycles. The lowest BCUT2D eigenvalue weighted by Crippen LogP contribution is -2.46. The molecule has 1 fully saturated rings. The van der Waals surface area contributed by atoms with E-state index in [9.17, 15) is 5.11 Å². The molecule has 1 heterocycles. The van der Waals surface area contributed by atoms with Gasteiger partial charge < -0.3 is 14.6 Å². The van der Waals surface area contributed by atoms with Crippen molar-refractivity contribution < 1.29 is 14.6 Å². The number of aliphatic hydroxyl groups is 1. The lowest BCUT2D eigenvalue weighted by molar-refractivity contribution is -0.184. The van der Waals surface area contributed by atoms with Crippen LogP contribution in [0.5, 0.6) is 5.75 Å². The van der Waals surface area contributed by atoms with Gasteiger partial charge in [0.2, 0.25) is 0 Å². The first-order valence-corrected chi connectivity index (χ1v) is 4.68. The minimum atomic E-state index is -0.863. The van der Waals surface area contributed by atoms with E-state index >= 15 is 0 Å². The van der Waals surface area contributed by atoms with Gasteiger partial charge in [0, 0.05) is 0 Å². The fraction of sp³-hybridized carbons (Fsp3) is 0.400.